The van der Waals surface area contributed by atoms with Gasteiger partial charge in [-0.2, -0.15) is 5.26 Å². The van der Waals surface area contributed by atoms with E-state index in [9.17, 15) is 10.1 Å². The molecule has 2 rings (SSSR count). The number of carbonyl (C=O) groups excluding carboxylic acids is 1. The average Bonchev–Trinajstić information content (AvgIpc) is 3.04. The lowest BCUT2D eigenvalue weighted by Gasteiger charge is -2.10. The van der Waals surface area contributed by atoms with E-state index >= 15 is 0 Å². The van der Waals surface area contributed by atoms with Crippen molar-refractivity contribution in [2.24, 2.45) is 0 Å². The van der Waals surface area contributed by atoms with E-state index in [1.165, 1.54) is 7.11 Å². The quantitative estimate of drug-likeness (QED) is 0.602. The summed E-state index contributed by atoms with van der Waals surface area (Å²) >= 11 is 0. The molecular weight excluding hydrogens is 306 g/mol. The third-order valence-corrected chi connectivity index (χ3v) is 3.50. The van der Waals surface area contributed by atoms with Crippen molar-refractivity contribution in [2.45, 2.75) is 19.8 Å². The van der Waals surface area contributed by atoms with Crippen molar-refractivity contribution in [1.82, 2.24) is 9.55 Å². The molecule has 1 aromatic heterocycles. The molecule has 0 amide bonds. The predicted molar refractivity (Wildman–Crippen MR) is 89.7 cm³/mol. The number of benzene rings is 1. The first-order valence-corrected chi connectivity index (χ1v) is 7.44. The second-order valence-corrected chi connectivity index (χ2v) is 5.21. The van der Waals surface area contributed by atoms with Crippen LogP contribution in [-0.2, 0) is 9.53 Å². The largest absolute Gasteiger partial charge is 0.495 e. The lowest BCUT2D eigenvalue weighted by Crippen LogP contribution is -2.00. The van der Waals surface area contributed by atoms with Gasteiger partial charge in [0.1, 0.15) is 5.75 Å². The summed E-state index contributed by atoms with van der Waals surface area (Å²) in [4.78, 5) is 15.4. The van der Waals surface area contributed by atoms with Crippen molar-refractivity contribution in [1.29, 1.82) is 5.26 Å². The summed E-state index contributed by atoms with van der Waals surface area (Å²) < 4.78 is 11.9. The molecule has 24 heavy (non-hydrogen) atoms. The standard InChI is InChI=1S/C18H19N3O3/c1-13-11-21(12-20-13)16-6-4-14(9-17(16)23-2)8-15(10-19)5-7-18(22)24-3/h4,6,8-9,11-12H,5,7H2,1-3H3. The van der Waals surface area contributed by atoms with Gasteiger partial charge in [0.15, 0.2) is 0 Å². The molecule has 0 aliphatic carbocycles. The molecular formula is C18H19N3O3. The summed E-state index contributed by atoms with van der Waals surface area (Å²) in [5.41, 5.74) is 3.11. The number of aromatic nitrogens is 2. The summed E-state index contributed by atoms with van der Waals surface area (Å²) in [6.07, 6.45) is 5.89. The van der Waals surface area contributed by atoms with E-state index in [1.54, 1.807) is 19.5 Å². The van der Waals surface area contributed by atoms with Crippen LogP contribution in [0.15, 0.2) is 36.3 Å². The number of nitriles is 1. The van der Waals surface area contributed by atoms with Crippen LogP contribution in [0.25, 0.3) is 11.8 Å². The molecule has 0 saturated carbocycles. The van der Waals surface area contributed by atoms with Gasteiger partial charge in [-0.3, -0.25) is 4.79 Å². The van der Waals surface area contributed by atoms with Gasteiger partial charge in [-0.1, -0.05) is 6.07 Å². The molecule has 0 unspecified atom stereocenters. The second-order valence-electron chi connectivity index (χ2n) is 5.21. The van der Waals surface area contributed by atoms with Crippen LogP contribution in [0.3, 0.4) is 0 Å². The molecule has 6 nitrogen and oxygen atoms in total. The molecule has 1 aromatic carbocycles. The Bertz CT molecular complexity index is 800. The SMILES string of the molecule is COC(=O)CCC(C#N)=Cc1ccc(-n2cnc(C)c2)c(OC)c1. The molecule has 0 spiro atoms. The fourth-order valence-corrected chi connectivity index (χ4v) is 2.25. The van der Waals surface area contributed by atoms with E-state index in [2.05, 4.69) is 15.8 Å². The van der Waals surface area contributed by atoms with Crippen molar-refractivity contribution < 1.29 is 14.3 Å². The number of hydrogen-bond acceptors (Lipinski definition) is 5. The van der Waals surface area contributed by atoms with Crippen LogP contribution in [-0.4, -0.2) is 29.7 Å². The number of imidazole rings is 1. The van der Waals surface area contributed by atoms with Gasteiger partial charge < -0.3 is 14.0 Å². The molecule has 1 heterocycles. The number of esters is 1. The lowest BCUT2D eigenvalue weighted by atomic mass is 10.1. The zero-order valence-corrected chi connectivity index (χ0v) is 13.9. The Balaban J connectivity index is 2.26. The fraction of sp³-hybridized carbons (Fsp3) is 0.278. The van der Waals surface area contributed by atoms with Crippen molar-refractivity contribution in [3.8, 4) is 17.5 Å². The molecule has 0 bridgehead atoms. The molecule has 6 heteroatoms. The van der Waals surface area contributed by atoms with Crippen LogP contribution < -0.4 is 4.74 Å². The molecule has 0 N–H and O–H groups in total. The van der Waals surface area contributed by atoms with Gasteiger partial charge in [0.05, 0.1) is 44.4 Å². The maximum atomic E-state index is 11.2. The summed E-state index contributed by atoms with van der Waals surface area (Å²) in [6, 6.07) is 7.76. The summed E-state index contributed by atoms with van der Waals surface area (Å²) in [5.74, 6) is 0.339. The van der Waals surface area contributed by atoms with Gasteiger partial charge in [0.2, 0.25) is 0 Å². The number of methoxy groups -OCH3 is 2. The summed E-state index contributed by atoms with van der Waals surface area (Å²) in [7, 11) is 2.93. The van der Waals surface area contributed by atoms with Gasteiger partial charge in [0.25, 0.3) is 0 Å². The Hall–Kier alpha value is -3.07. The summed E-state index contributed by atoms with van der Waals surface area (Å²) in [6.45, 7) is 1.92. The smallest absolute Gasteiger partial charge is 0.305 e. The number of allylic oxidation sites excluding steroid dienone is 1. The number of rotatable bonds is 6. The van der Waals surface area contributed by atoms with Crippen LogP contribution in [0.5, 0.6) is 5.75 Å². The monoisotopic (exact) mass is 325 g/mol. The van der Waals surface area contributed by atoms with E-state index in [-0.39, 0.29) is 12.4 Å². The number of nitrogens with zero attached hydrogens (tertiary/aromatic N) is 3. The minimum Gasteiger partial charge on any atom is -0.495 e. The summed E-state index contributed by atoms with van der Waals surface area (Å²) in [5, 5.41) is 9.22. The third kappa shape index (κ3) is 4.23. The fourth-order valence-electron chi connectivity index (χ4n) is 2.25. The van der Waals surface area contributed by atoms with E-state index < -0.39 is 0 Å². The van der Waals surface area contributed by atoms with E-state index in [1.807, 2.05) is 35.9 Å². The molecule has 0 radical (unpaired) electrons. The second kappa shape index (κ2) is 7.97. The van der Waals surface area contributed by atoms with Gasteiger partial charge in [-0.25, -0.2) is 4.98 Å². The highest BCUT2D eigenvalue weighted by atomic mass is 16.5. The number of ether oxygens (including phenoxy) is 2. The van der Waals surface area contributed by atoms with Crippen molar-refractivity contribution in [2.75, 3.05) is 14.2 Å². The molecule has 0 saturated heterocycles. The Morgan fingerprint density at radius 1 is 1.38 bits per heavy atom. The Morgan fingerprint density at radius 2 is 2.17 bits per heavy atom. The topological polar surface area (TPSA) is 77.1 Å². The van der Waals surface area contributed by atoms with Crippen LogP contribution in [0.4, 0.5) is 0 Å². The highest BCUT2D eigenvalue weighted by Gasteiger charge is 2.08. The van der Waals surface area contributed by atoms with E-state index in [0.29, 0.717) is 17.7 Å². The highest BCUT2D eigenvalue weighted by Crippen LogP contribution is 2.26. The van der Waals surface area contributed by atoms with E-state index in [0.717, 1.165) is 16.9 Å². The van der Waals surface area contributed by atoms with Gasteiger partial charge >= 0.3 is 5.97 Å². The Labute approximate surface area is 141 Å². The van der Waals surface area contributed by atoms with Crippen LogP contribution in [0.2, 0.25) is 0 Å². The lowest BCUT2D eigenvalue weighted by molar-refractivity contribution is -0.140. The molecule has 2 aromatic rings. The zero-order chi connectivity index (χ0) is 17.5. The Kier molecular flexibility index (Phi) is 5.74. The van der Waals surface area contributed by atoms with Gasteiger partial charge in [-0.05, 0) is 37.1 Å². The highest BCUT2D eigenvalue weighted by molar-refractivity contribution is 5.70. The first-order chi connectivity index (χ1) is 11.6. The minimum absolute atomic E-state index is 0.180. The number of carbonyl (C=O) groups is 1. The van der Waals surface area contributed by atoms with Gasteiger partial charge in [0, 0.05) is 11.8 Å². The van der Waals surface area contributed by atoms with Crippen LogP contribution in [0, 0.1) is 18.3 Å². The number of aryl methyl sites for hydroxylation is 1. The molecule has 0 aliphatic heterocycles. The Morgan fingerprint density at radius 3 is 2.75 bits per heavy atom. The maximum Gasteiger partial charge on any atom is 0.305 e. The van der Waals surface area contributed by atoms with Crippen molar-refractivity contribution in [3.63, 3.8) is 0 Å². The van der Waals surface area contributed by atoms with Gasteiger partial charge in [-0.15, -0.1) is 0 Å². The minimum atomic E-state index is -0.334. The molecule has 0 atom stereocenters. The first-order valence-electron chi connectivity index (χ1n) is 7.44. The van der Waals surface area contributed by atoms with Crippen LogP contribution >= 0.6 is 0 Å². The third-order valence-electron chi connectivity index (χ3n) is 3.50. The maximum absolute atomic E-state index is 11.2. The average molecular weight is 325 g/mol. The molecule has 0 aliphatic rings. The van der Waals surface area contributed by atoms with E-state index in [4.69, 9.17) is 4.74 Å². The van der Waals surface area contributed by atoms with Crippen molar-refractivity contribution in [3.05, 3.63) is 47.6 Å². The normalized spacial score (nSPS) is 11.0. The van der Waals surface area contributed by atoms with Crippen LogP contribution in [0.1, 0.15) is 24.1 Å². The first kappa shape index (κ1) is 17.3. The molecule has 0 fully saturated rings. The number of hydrogen-bond donors (Lipinski definition) is 0. The van der Waals surface area contributed by atoms with Crippen molar-refractivity contribution >= 4 is 12.0 Å². The zero-order valence-electron chi connectivity index (χ0n) is 13.9. The molecule has 124 valence electrons. The predicted octanol–water partition coefficient (Wildman–Crippen LogP) is 3.05.